The maximum absolute atomic E-state index is 12.8. The number of rotatable bonds is 2. The lowest BCUT2D eigenvalue weighted by molar-refractivity contribution is -0.176. The summed E-state index contributed by atoms with van der Waals surface area (Å²) < 4.78 is 38.3. The van der Waals surface area contributed by atoms with Crippen LogP contribution in [0.1, 0.15) is 5.56 Å². The second-order valence-corrected chi connectivity index (χ2v) is 4.66. The molecular weight excluding hydrogens is 241 g/mol. The van der Waals surface area contributed by atoms with Gasteiger partial charge < -0.3 is 5.32 Å². The Kier molecular flexibility index (Phi) is 4.24. The van der Waals surface area contributed by atoms with Crippen molar-refractivity contribution in [2.75, 3.05) is 26.2 Å². The standard InChI is InChI=1S/C13H17F3N2/c14-13(15,16)12-8-17-6-7-18(10-12)9-11-4-2-1-3-5-11/h1-5,12,17H,6-10H2. The first kappa shape index (κ1) is 13.4. The number of alkyl halides is 3. The molecule has 0 saturated carbocycles. The van der Waals surface area contributed by atoms with E-state index in [0.717, 1.165) is 5.56 Å². The predicted octanol–water partition coefficient (Wildman–Crippen LogP) is 2.27. The van der Waals surface area contributed by atoms with Crippen molar-refractivity contribution in [2.45, 2.75) is 12.7 Å². The number of halogens is 3. The van der Waals surface area contributed by atoms with Gasteiger partial charge in [0, 0.05) is 32.7 Å². The minimum atomic E-state index is -4.12. The largest absolute Gasteiger partial charge is 0.394 e. The Morgan fingerprint density at radius 3 is 2.61 bits per heavy atom. The van der Waals surface area contributed by atoms with Gasteiger partial charge in [-0.15, -0.1) is 0 Å². The Bertz CT molecular complexity index is 364. The third-order valence-electron chi connectivity index (χ3n) is 3.19. The molecule has 1 fully saturated rings. The molecule has 1 aliphatic rings. The smallest absolute Gasteiger partial charge is 0.315 e. The van der Waals surface area contributed by atoms with E-state index in [4.69, 9.17) is 0 Å². The third kappa shape index (κ3) is 3.71. The van der Waals surface area contributed by atoms with Crippen LogP contribution < -0.4 is 5.32 Å². The lowest BCUT2D eigenvalue weighted by atomic mass is 10.1. The highest BCUT2D eigenvalue weighted by atomic mass is 19.4. The van der Waals surface area contributed by atoms with Crippen LogP contribution in [0.3, 0.4) is 0 Å². The first-order chi connectivity index (χ1) is 8.55. The van der Waals surface area contributed by atoms with E-state index in [9.17, 15) is 13.2 Å². The van der Waals surface area contributed by atoms with E-state index in [1.165, 1.54) is 0 Å². The van der Waals surface area contributed by atoms with Crippen LogP contribution in [0.4, 0.5) is 13.2 Å². The molecule has 0 radical (unpaired) electrons. The molecule has 18 heavy (non-hydrogen) atoms. The lowest BCUT2D eigenvalue weighted by Gasteiger charge is -2.25. The van der Waals surface area contributed by atoms with Crippen LogP contribution in [-0.2, 0) is 6.54 Å². The van der Waals surface area contributed by atoms with E-state index < -0.39 is 12.1 Å². The second-order valence-electron chi connectivity index (χ2n) is 4.66. The van der Waals surface area contributed by atoms with Crippen LogP contribution in [-0.4, -0.2) is 37.3 Å². The SMILES string of the molecule is FC(F)(F)C1CNCCN(Cc2ccccc2)C1. The van der Waals surface area contributed by atoms with Gasteiger partial charge in [-0.1, -0.05) is 30.3 Å². The van der Waals surface area contributed by atoms with Crippen molar-refractivity contribution in [2.24, 2.45) is 5.92 Å². The van der Waals surface area contributed by atoms with Crippen LogP contribution in [0, 0.1) is 5.92 Å². The Balaban J connectivity index is 1.99. The first-order valence-electron chi connectivity index (χ1n) is 6.09. The minimum absolute atomic E-state index is 0.0226. The summed E-state index contributed by atoms with van der Waals surface area (Å²) in [6.45, 7) is 1.94. The number of hydrogen-bond donors (Lipinski definition) is 1. The highest BCUT2D eigenvalue weighted by Gasteiger charge is 2.40. The second kappa shape index (κ2) is 5.71. The fourth-order valence-corrected chi connectivity index (χ4v) is 2.19. The molecule has 0 spiro atoms. The molecule has 2 nitrogen and oxygen atoms in total. The van der Waals surface area contributed by atoms with Gasteiger partial charge in [-0.2, -0.15) is 13.2 Å². The van der Waals surface area contributed by atoms with Crippen molar-refractivity contribution in [3.05, 3.63) is 35.9 Å². The summed E-state index contributed by atoms with van der Waals surface area (Å²) in [5.41, 5.74) is 1.06. The summed E-state index contributed by atoms with van der Waals surface area (Å²) in [5, 5.41) is 2.86. The van der Waals surface area contributed by atoms with Gasteiger partial charge >= 0.3 is 6.18 Å². The molecule has 5 heteroatoms. The summed E-state index contributed by atoms with van der Waals surface area (Å²) in [5.74, 6) is -1.27. The quantitative estimate of drug-likeness (QED) is 0.875. The van der Waals surface area contributed by atoms with Crippen LogP contribution in [0.5, 0.6) is 0 Å². The zero-order valence-electron chi connectivity index (χ0n) is 10.1. The van der Waals surface area contributed by atoms with Crippen molar-refractivity contribution < 1.29 is 13.2 Å². The molecule has 0 aromatic heterocycles. The molecule has 1 aliphatic heterocycles. The fourth-order valence-electron chi connectivity index (χ4n) is 2.19. The summed E-state index contributed by atoms with van der Waals surface area (Å²) >= 11 is 0. The predicted molar refractivity (Wildman–Crippen MR) is 64.1 cm³/mol. The van der Waals surface area contributed by atoms with Gasteiger partial charge in [0.15, 0.2) is 0 Å². The monoisotopic (exact) mass is 258 g/mol. The molecule has 100 valence electrons. The average Bonchev–Trinajstić information content (AvgIpc) is 2.55. The van der Waals surface area contributed by atoms with Gasteiger partial charge in [0.1, 0.15) is 0 Å². The number of hydrogen-bond acceptors (Lipinski definition) is 2. The normalized spacial score (nSPS) is 22.7. The Labute approximate surface area is 105 Å². The number of benzene rings is 1. The molecule has 0 aliphatic carbocycles. The Hall–Kier alpha value is -1.07. The van der Waals surface area contributed by atoms with Crippen LogP contribution in [0.25, 0.3) is 0 Å². The van der Waals surface area contributed by atoms with E-state index in [1.54, 1.807) is 0 Å². The van der Waals surface area contributed by atoms with Gasteiger partial charge in [-0.25, -0.2) is 0 Å². The summed E-state index contributed by atoms with van der Waals surface area (Å²) in [6, 6.07) is 9.62. The molecule has 1 unspecified atom stereocenters. The molecule has 0 amide bonds. The van der Waals surface area contributed by atoms with Crippen molar-refractivity contribution in [3.63, 3.8) is 0 Å². The fraction of sp³-hybridized carbons (Fsp3) is 0.538. The third-order valence-corrected chi connectivity index (χ3v) is 3.19. The van der Waals surface area contributed by atoms with Crippen molar-refractivity contribution in [1.82, 2.24) is 10.2 Å². The van der Waals surface area contributed by atoms with Crippen LogP contribution >= 0.6 is 0 Å². The zero-order valence-corrected chi connectivity index (χ0v) is 10.1. The molecule has 1 heterocycles. The van der Waals surface area contributed by atoms with Crippen LogP contribution in [0.2, 0.25) is 0 Å². The topological polar surface area (TPSA) is 15.3 Å². The molecule has 1 aromatic rings. The lowest BCUT2D eigenvalue weighted by Crippen LogP contribution is -2.37. The number of nitrogens with zero attached hydrogens (tertiary/aromatic N) is 1. The van der Waals surface area contributed by atoms with Crippen molar-refractivity contribution in [3.8, 4) is 0 Å². The zero-order chi connectivity index (χ0) is 13.0. The maximum atomic E-state index is 12.8. The minimum Gasteiger partial charge on any atom is -0.315 e. The van der Waals surface area contributed by atoms with E-state index in [1.807, 2.05) is 35.2 Å². The van der Waals surface area contributed by atoms with E-state index in [-0.39, 0.29) is 13.1 Å². The molecule has 0 bridgehead atoms. The summed E-state index contributed by atoms with van der Waals surface area (Å²) in [6.07, 6.45) is -4.12. The van der Waals surface area contributed by atoms with Gasteiger partial charge in [-0.05, 0) is 5.56 Å². The molecule has 1 aromatic carbocycles. The first-order valence-corrected chi connectivity index (χ1v) is 6.09. The van der Waals surface area contributed by atoms with Crippen molar-refractivity contribution >= 4 is 0 Å². The Morgan fingerprint density at radius 2 is 1.94 bits per heavy atom. The summed E-state index contributed by atoms with van der Waals surface area (Å²) in [4.78, 5) is 1.87. The van der Waals surface area contributed by atoms with Gasteiger partial charge in [0.2, 0.25) is 0 Å². The summed E-state index contributed by atoms with van der Waals surface area (Å²) in [7, 11) is 0. The van der Waals surface area contributed by atoms with Crippen molar-refractivity contribution in [1.29, 1.82) is 0 Å². The van der Waals surface area contributed by atoms with Gasteiger partial charge in [-0.3, -0.25) is 4.90 Å². The molecule has 1 atom stereocenters. The average molecular weight is 258 g/mol. The highest BCUT2D eigenvalue weighted by molar-refractivity contribution is 5.14. The van der Waals surface area contributed by atoms with Gasteiger partial charge in [0.25, 0.3) is 0 Å². The Morgan fingerprint density at radius 1 is 1.22 bits per heavy atom. The molecular formula is C13H17F3N2. The highest BCUT2D eigenvalue weighted by Crippen LogP contribution is 2.27. The van der Waals surface area contributed by atoms with Gasteiger partial charge in [0.05, 0.1) is 5.92 Å². The molecule has 1 N–H and O–H groups in total. The number of nitrogens with one attached hydrogen (secondary N) is 1. The van der Waals surface area contributed by atoms with E-state index in [0.29, 0.717) is 19.6 Å². The molecule has 2 rings (SSSR count). The van der Waals surface area contributed by atoms with E-state index in [2.05, 4.69) is 5.32 Å². The maximum Gasteiger partial charge on any atom is 0.394 e. The van der Waals surface area contributed by atoms with Crippen LogP contribution in [0.15, 0.2) is 30.3 Å². The van der Waals surface area contributed by atoms with E-state index >= 15 is 0 Å². The molecule has 1 saturated heterocycles.